The van der Waals surface area contributed by atoms with Gasteiger partial charge in [0.1, 0.15) is 0 Å². The summed E-state index contributed by atoms with van der Waals surface area (Å²) < 4.78 is 0. The van der Waals surface area contributed by atoms with Gasteiger partial charge in [-0.25, -0.2) is 0 Å². The van der Waals surface area contributed by atoms with Gasteiger partial charge in [-0.15, -0.1) is 11.3 Å². The predicted octanol–water partition coefficient (Wildman–Crippen LogP) is 3.37. The molecule has 0 saturated carbocycles. The number of piperidine rings is 1. The Morgan fingerprint density at radius 1 is 1.53 bits per heavy atom. The van der Waals surface area contributed by atoms with Crippen LogP contribution < -0.4 is 5.32 Å². The molecule has 1 aliphatic rings. The number of likely N-dealkylation sites (N-methyl/N-ethyl adjacent to an activating group) is 1. The molecule has 96 valence electrons. The number of hydrogen-bond donors (Lipinski definition) is 1. The summed E-state index contributed by atoms with van der Waals surface area (Å²) in [6.45, 7) is 6.72. The van der Waals surface area contributed by atoms with Crippen LogP contribution in [-0.4, -0.2) is 30.6 Å². The van der Waals surface area contributed by atoms with Crippen molar-refractivity contribution in [1.82, 2.24) is 10.2 Å². The number of halogens is 1. The molecule has 1 aromatic heterocycles. The second-order valence-corrected chi connectivity index (χ2v) is 6.14. The van der Waals surface area contributed by atoms with Crippen LogP contribution in [0, 0.1) is 0 Å². The van der Waals surface area contributed by atoms with Crippen molar-refractivity contribution in [2.75, 3.05) is 19.6 Å². The third-order valence-electron chi connectivity index (χ3n) is 3.34. The number of nitrogens with zero attached hydrogens (tertiary/aromatic N) is 1. The molecule has 2 nitrogen and oxygen atoms in total. The number of rotatable bonds is 5. The van der Waals surface area contributed by atoms with Gasteiger partial charge in [0.25, 0.3) is 0 Å². The smallest absolute Gasteiger partial charge is 0.0516 e. The van der Waals surface area contributed by atoms with Crippen LogP contribution in [0.4, 0.5) is 0 Å². The molecule has 1 aromatic rings. The van der Waals surface area contributed by atoms with Crippen LogP contribution >= 0.6 is 22.9 Å². The molecule has 1 unspecified atom stereocenters. The Bertz CT molecular complexity index is 334. The largest absolute Gasteiger partial charge is 0.313 e. The van der Waals surface area contributed by atoms with E-state index in [9.17, 15) is 0 Å². The van der Waals surface area contributed by atoms with Crippen molar-refractivity contribution < 1.29 is 0 Å². The molecular weight excluding hydrogens is 252 g/mol. The van der Waals surface area contributed by atoms with Gasteiger partial charge in [0.05, 0.1) is 5.02 Å². The van der Waals surface area contributed by atoms with E-state index in [-0.39, 0.29) is 0 Å². The van der Waals surface area contributed by atoms with E-state index in [0.29, 0.717) is 6.04 Å². The lowest BCUT2D eigenvalue weighted by molar-refractivity contribution is 0.228. The normalized spacial score (nSPS) is 21.0. The molecule has 1 N–H and O–H groups in total. The van der Waals surface area contributed by atoms with Crippen LogP contribution in [0.5, 0.6) is 0 Å². The van der Waals surface area contributed by atoms with Gasteiger partial charge in [-0.05, 0) is 32.0 Å². The van der Waals surface area contributed by atoms with E-state index < -0.39 is 0 Å². The zero-order valence-electron chi connectivity index (χ0n) is 10.4. The zero-order valence-corrected chi connectivity index (χ0v) is 12.0. The highest BCUT2D eigenvalue weighted by molar-refractivity contribution is 7.10. The number of hydrogen-bond acceptors (Lipinski definition) is 3. The molecule has 0 amide bonds. The maximum absolute atomic E-state index is 5.96. The van der Waals surface area contributed by atoms with E-state index in [1.807, 2.05) is 5.38 Å². The lowest BCUT2D eigenvalue weighted by atomic mass is 10.0. The molecule has 0 aliphatic carbocycles. The van der Waals surface area contributed by atoms with Crippen LogP contribution in [0.25, 0.3) is 0 Å². The monoisotopic (exact) mass is 272 g/mol. The van der Waals surface area contributed by atoms with Crippen molar-refractivity contribution in [3.05, 3.63) is 21.3 Å². The van der Waals surface area contributed by atoms with Crippen LogP contribution in [0.15, 0.2) is 11.4 Å². The molecule has 0 radical (unpaired) electrons. The lowest BCUT2D eigenvalue weighted by Gasteiger charge is -2.29. The SMILES string of the molecule is CCN(Cc1cc(Cl)cs1)CC1CCCCN1. The molecule has 4 heteroatoms. The molecule has 0 bridgehead atoms. The van der Waals surface area contributed by atoms with Gasteiger partial charge in [0.2, 0.25) is 0 Å². The number of thiophene rings is 1. The molecule has 2 rings (SSSR count). The molecular formula is C13H21ClN2S. The van der Waals surface area contributed by atoms with Crippen molar-refractivity contribution >= 4 is 22.9 Å². The van der Waals surface area contributed by atoms with Crippen LogP contribution in [-0.2, 0) is 6.54 Å². The Morgan fingerprint density at radius 3 is 3.00 bits per heavy atom. The summed E-state index contributed by atoms with van der Waals surface area (Å²) >= 11 is 7.72. The summed E-state index contributed by atoms with van der Waals surface area (Å²) in [6.07, 6.45) is 4.03. The van der Waals surface area contributed by atoms with Crippen LogP contribution in [0.2, 0.25) is 5.02 Å². The summed E-state index contributed by atoms with van der Waals surface area (Å²) in [7, 11) is 0. The van der Waals surface area contributed by atoms with E-state index >= 15 is 0 Å². The third-order valence-corrected chi connectivity index (χ3v) is 4.61. The quantitative estimate of drug-likeness (QED) is 0.884. The Kier molecular flexibility index (Phi) is 5.29. The fourth-order valence-corrected chi connectivity index (χ4v) is 3.47. The van der Waals surface area contributed by atoms with Gasteiger partial charge in [-0.2, -0.15) is 0 Å². The van der Waals surface area contributed by atoms with Crippen molar-refractivity contribution in [2.24, 2.45) is 0 Å². The fourth-order valence-electron chi connectivity index (χ4n) is 2.35. The molecule has 1 atom stereocenters. The Hall–Kier alpha value is -0.0900. The first-order chi connectivity index (χ1) is 8.28. The van der Waals surface area contributed by atoms with E-state index in [1.54, 1.807) is 11.3 Å². The summed E-state index contributed by atoms with van der Waals surface area (Å²) in [5.74, 6) is 0. The van der Waals surface area contributed by atoms with Gasteiger partial charge in [-0.1, -0.05) is 24.9 Å². The van der Waals surface area contributed by atoms with Crippen molar-refractivity contribution in [1.29, 1.82) is 0 Å². The summed E-state index contributed by atoms with van der Waals surface area (Å²) in [5, 5.41) is 6.50. The van der Waals surface area contributed by atoms with Crippen molar-refractivity contribution in [3.63, 3.8) is 0 Å². The summed E-state index contributed by atoms with van der Waals surface area (Å²) in [4.78, 5) is 3.87. The third kappa shape index (κ3) is 4.25. The Morgan fingerprint density at radius 2 is 2.41 bits per heavy atom. The standard InChI is InChI=1S/C13H21ClN2S/c1-2-16(8-12-5-3-4-6-15-12)9-13-7-11(14)10-17-13/h7,10,12,15H,2-6,8-9H2,1H3. The van der Waals surface area contributed by atoms with E-state index in [1.165, 1.54) is 30.7 Å². The highest BCUT2D eigenvalue weighted by Gasteiger charge is 2.16. The van der Waals surface area contributed by atoms with Gasteiger partial charge >= 0.3 is 0 Å². The Balaban J connectivity index is 1.83. The molecule has 1 saturated heterocycles. The minimum Gasteiger partial charge on any atom is -0.313 e. The van der Waals surface area contributed by atoms with Gasteiger partial charge in [0, 0.05) is 29.4 Å². The summed E-state index contributed by atoms with van der Waals surface area (Å²) in [5.41, 5.74) is 0. The minimum absolute atomic E-state index is 0.680. The first-order valence-corrected chi connectivity index (χ1v) is 7.72. The van der Waals surface area contributed by atoms with Gasteiger partial charge < -0.3 is 5.32 Å². The maximum Gasteiger partial charge on any atom is 0.0516 e. The van der Waals surface area contributed by atoms with E-state index in [4.69, 9.17) is 11.6 Å². The number of nitrogens with one attached hydrogen (secondary N) is 1. The second kappa shape index (κ2) is 6.74. The topological polar surface area (TPSA) is 15.3 Å². The van der Waals surface area contributed by atoms with Gasteiger partial charge in [0.15, 0.2) is 0 Å². The summed E-state index contributed by atoms with van der Waals surface area (Å²) in [6, 6.07) is 2.77. The fraction of sp³-hybridized carbons (Fsp3) is 0.692. The van der Waals surface area contributed by atoms with E-state index in [0.717, 1.165) is 24.7 Å². The molecule has 0 spiro atoms. The van der Waals surface area contributed by atoms with Crippen molar-refractivity contribution in [2.45, 2.75) is 38.8 Å². The minimum atomic E-state index is 0.680. The first kappa shape index (κ1) is 13.3. The zero-order chi connectivity index (χ0) is 12.1. The highest BCUT2D eigenvalue weighted by Crippen LogP contribution is 2.21. The molecule has 1 aliphatic heterocycles. The second-order valence-electron chi connectivity index (χ2n) is 4.71. The molecule has 0 aromatic carbocycles. The van der Waals surface area contributed by atoms with Crippen LogP contribution in [0.1, 0.15) is 31.1 Å². The highest BCUT2D eigenvalue weighted by atomic mass is 35.5. The predicted molar refractivity (Wildman–Crippen MR) is 75.9 cm³/mol. The molecule has 17 heavy (non-hydrogen) atoms. The maximum atomic E-state index is 5.96. The average Bonchev–Trinajstić information content (AvgIpc) is 2.75. The van der Waals surface area contributed by atoms with E-state index in [2.05, 4.69) is 23.2 Å². The Labute approximate surface area is 113 Å². The van der Waals surface area contributed by atoms with Crippen molar-refractivity contribution in [3.8, 4) is 0 Å². The average molecular weight is 273 g/mol. The lowest BCUT2D eigenvalue weighted by Crippen LogP contribution is -2.43. The molecule has 2 heterocycles. The first-order valence-electron chi connectivity index (χ1n) is 6.46. The van der Waals surface area contributed by atoms with Crippen LogP contribution in [0.3, 0.4) is 0 Å². The molecule has 1 fully saturated rings. The van der Waals surface area contributed by atoms with Gasteiger partial charge in [-0.3, -0.25) is 4.90 Å².